The van der Waals surface area contributed by atoms with Gasteiger partial charge >= 0.3 is 0 Å². The van der Waals surface area contributed by atoms with Gasteiger partial charge in [0.2, 0.25) is 0 Å². The first-order valence-corrected chi connectivity index (χ1v) is 6.15. The molecule has 0 unspecified atom stereocenters. The topological polar surface area (TPSA) is 50.7 Å². The van der Waals surface area contributed by atoms with Gasteiger partial charge in [-0.05, 0) is 31.5 Å². The molecule has 0 saturated carbocycles. The van der Waals surface area contributed by atoms with E-state index in [1.54, 1.807) is 21.0 Å². The van der Waals surface area contributed by atoms with Crippen LogP contribution < -0.4 is 10.1 Å². The molecule has 0 aliphatic rings. The summed E-state index contributed by atoms with van der Waals surface area (Å²) in [6, 6.07) is 7.91. The highest BCUT2D eigenvalue weighted by atomic mass is 16.5. The summed E-state index contributed by atoms with van der Waals surface area (Å²) in [5, 5.41) is 12.8. The maximum absolute atomic E-state index is 9.59. The quantitative estimate of drug-likeness (QED) is 0.691. The smallest absolute Gasteiger partial charge is 0.119 e. The molecule has 0 heterocycles. The zero-order valence-electron chi connectivity index (χ0n) is 11.4. The summed E-state index contributed by atoms with van der Waals surface area (Å²) in [7, 11) is 1.65. The molecule has 0 bridgehead atoms. The van der Waals surface area contributed by atoms with E-state index in [1.807, 2.05) is 24.3 Å². The minimum Gasteiger partial charge on any atom is -0.491 e. The Morgan fingerprint density at radius 3 is 2.72 bits per heavy atom. The lowest BCUT2D eigenvalue weighted by Gasteiger charge is -2.17. The molecule has 0 atom stereocenters. The van der Waals surface area contributed by atoms with Gasteiger partial charge in [-0.25, -0.2) is 0 Å². The lowest BCUT2D eigenvalue weighted by molar-refractivity contribution is 0.0795. The fraction of sp³-hybridized carbons (Fsp3) is 0.571. The van der Waals surface area contributed by atoms with Gasteiger partial charge in [0, 0.05) is 20.2 Å². The van der Waals surface area contributed by atoms with Gasteiger partial charge in [-0.15, -0.1) is 0 Å². The molecule has 0 amide bonds. The number of rotatable bonds is 8. The standard InChI is InChI=1S/C14H23NO3/c1-14(2,16)11-15-10-12-5-4-6-13(9-12)18-8-7-17-3/h4-6,9,15-16H,7-8,10-11H2,1-3H3. The van der Waals surface area contributed by atoms with E-state index in [9.17, 15) is 5.11 Å². The van der Waals surface area contributed by atoms with Crippen molar-refractivity contribution in [3.63, 3.8) is 0 Å². The maximum atomic E-state index is 9.59. The van der Waals surface area contributed by atoms with Gasteiger partial charge < -0.3 is 19.9 Å². The molecule has 0 aromatic heterocycles. The van der Waals surface area contributed by atoms with E-state index >= 15 is 0 Å². The third-order valence-electron chi connectivity index (χ3n) is 2.34. The molecule has 0 aliphatic heterocycles. The van der Waals surface area contributed by atoms with Gasteiger partial charge in [0.05, 0.1) is 12.2 Å². The second-order valence-corrected chi connectivity index (χ2v) is 4.90. The first-order valence-electron chi connectivity index (χ1n) is 6.15. The van der Waals surface area contributed by atoms with Crippen molar-refractivity contribution in [3.8, 4) is 5.75 Å². The van der Waals surface area contributed by atoms with E-state index in [2.05, 4.69) is 5.32 Å². The number of aliphatic hydroxyl groups is 1. The molecule has 0 spiro atoms. The molecular weight excluding hydrogens is 230 g/mol. The monoisotopic (exact) mass is 253 g/mol. The third-order valence-corrected chi connectivity index (χ3v) is 2.34. The number of ether oxygens (including phenoxy) is 2. The van der Waals surface area contributed by atoms with Crippen molar-refractivity contribution in [2.24, 2.45) is 0 Å². The van der Waals surface area contributed by atoms with Crippen LogP contribution in [0.1, 0.15) is 19.4 Å². The molecule has 4 heteroatoms. The average molecular weight is 253 g/mol. The zero-order valence-corrected chi connectivity index (χ0v) is 11.4. The van der Waals surface area contributed by atoms with E-state index in [1.165, 1.54) is 0 Å². The molecule has 1 aromatic rings. The van der Waals surface area contributed by atoms with Crippen molar-refractivity contribution >= 4 is 0 Å². The lowest BCUT2D eigenvalue weighted by atomic mass is 10.1. The van der Waals surface area contributed by atoms with Crippen LogP contribution in [0.2, 0.25) is 0 Å². The minimum atomic E-state index is -0.688. The fourth-order valence-corrected chi connectivity index (χ4v) is 1.50. The lowest BCUT2D eigenvalue weighted by Crippen LogP contribution is -2.34. The molecule has 1 rings (SSSR count). The first kappa shape index (κ1) is 15.0. The highest BCUT2D eigenvalue weighted by Crippen LogP contribution is 2.13. The van der Waals surface area contributed by atoms with Gasteiger partial charge in [-0.1, -0.05) is 12.1 Å². The van der Waals surface area contributed by atoms with E-state index in [4.69, 9.17) is 9.47 Å². The SMILES string of the molecule is COCCOc1cccc(CNCC(C)(C)O)c1. The van der Waals surface area contributed by atoms with Crippen LogP contribution in [0.4, 0.5) is 0 Å². The second kappa shape index (κ2) is 7.36. The fourth-order valence-electron chi connectivity index (χ4n) is 1.50. The Labute approximate surface area is 109 Å². The molecule has 0 fully saturated rings. The molecule has 18 heavy (non-hydrogen) atoms. The normalized spacial score (nSPS) is 11.6. The Hall–Kier alpha value is -1.10. The van der Waals surface area contributed by atoms with Crippen LogP contribution in [-0.2, 0) is 11.3 Å². The summed E-state index contributed by atoms with van der Waals surface area (Å²) < 4.78 is 10.5. The highest BCUT2D eigenvalue weighted by molar-refractivity contribution is 5.28. The molecule has 102 valence electrons. The second-order valence-electron chi connectivity index (χ2n) is 4.90. The molecule has 0 saturated heterocycles. The molecule has 0 aliphatic carbocycles. The number of methoxy groups -OCH3 is 1. The van der Waals surface area contributed by atoms with E-state index in [0.29, 0.717) is 26.3 Å². The molecule has 2 N–H and O–H groups in total. The first-order chi connectivity index (χ1) is 8.51. The van der Waals surface area contributed by atoms with E-state index in [0.717, 1.165) is 11.3 Å². The maximum Gasteiger partial charge on any atom is 0.119 e. The Morgan fingerprint density at radius 1 is 1.28 bits per heavy atom. The number of hydrogen-bond acceptors (Lipinski definition) is 4. The van der Waals surface area contributed by atoms with Gasteiger partial charge in [0.1, 0.15) is 12.4 Å². The van der Waals surface area contributed by atoms with Crippen LogP contribution in [0.25, 0.3) is 0 Å². The van der Waals surface area contributed by atoms with Crippen LogP contribution in [0.5, 0.6) is 5.75 Å². The summed E-state index contributed by atoms with van der Waals surface area (Å²) in [6.45, 7) is 5.97. The Kier molecular flexibility index (Phi) is 6.12. The summed E-state index contributed by atoms with van der Waals surface area (Å²) >= 11 is 0. The van der Waals surface area contributed by atoms with Crippen molar-refractivity contribution in [3.05, 3.63) is 29.8 Å². The Morgan fingerprint density at radius 2 is 2.06 bits per heavy atom. The minimum absolute atomic E-state index is 0.553. The Balaban J connectivity index is 2.39. The van der Waals surface area contributed by atoms with Crippen LogP contribution in [-0.4, -0.2) is 37.6 Å². The zero-order chi connectivity index (χ0) is 13.4. The van der Waals surface area contributed by atoms with Gasteiger partial charge in [0.25, 0.3) is 0 Å². The van der Waals surface area contributed by atoms with E-state index < -0.39 is 5.60 Å². The predicted octanol–water partition coefficient (Wildman–Crippen LogP) is 1.57. The summed E-state index contributed by atoms with van der Waals surface area (Å²) in [4.78, 5) is 0. The summed E-state index contributed by atoms with van der Waals surface area (Å²) in [6.07, 6.45) is 0. The van der Waals surface area contributed by atoms with Gasteiger partial charge in [0.15, 0.2) is 0 Å². The largest absolute Gasteiger partial charge is 0.491 e. The highest BCUT2D eigenvalue weighted by Gasteiger charge is 2.10. The van der Waals surface area contributed by atoms with Crippen LogP contribution in [0.15, 0.2) is 24.3 Å². The van der Waals surface area contributed by atoms with Crippen molar-refractivity contribution in [1.29, 1.82) is 0 Å². The number of nitrogens with one attached hydrogen (secondary N) is 1. The van der Waals surface area contributed by atoms with Crippen molar-refractivity contribution in [1.82, 2.24) is 5.32 Å². The van der Waals surface area contributed by atoms with E-state index in [-0.39, 0.29) is 0 Å². The number of hydrogen-bond donors (Lipinski definition) is 2. The average Bonchev–Trinajstić information content (AvgIpc) is 2.28. The van der Waals surface area contributed by atoms with Crippen LogP contribution in [0.3, 0.4) is 0 Å². The molecule has 1 aromatic carbocycles. The van der Waals surface area contributed by atoms with Crippen molar-refractivity contribution in [2.75, 3.05) is 26.9 Å². The molecule has 0 radical (unpaired) electrons. The van der Waals surface area contributed by atoms with Gasteiger partial charge in [-0.3, -0.25) is 0 Å². The Bertz CT molecular complexity index is 347. The van der Waals surface area contributed by atoms with Crippen molar-refractivity contribution < 1.29 is 14.6 Å². The predicted molar refractivity (Wildman–Crippen MR) is 71.8 cm³/mol. The summed E-state index contributed by atoms with van der Waals surface area (Å²) in [5.74, 6) is 0.842. The molecular formula is C14H23NO3. The van der Waals surface area contributed by atoms with Gasteiger partial charge in [-0.2, -0.15) is 0 Å². The van der Waals surface area contributed by atoms with Crippen LogP contribution >= 0.6 is 0 Å². The molecule has 4 nitrogen and oxygen atoms in total. The van der Waals surface area contributed by atoms with Crippen LogP contribution in [0, 0.1) is 0 Å². The van der Waals surface area contributed by atoms with Crippen molar-refractivity contribution in [2.45, 2.75) is 26.0 Å². The number of benzene rings is 1. The summed E-state index contributed by atoms with van der Waals surface area (Å²) in [5.41, 5.74) is 0.446. The third kappa shape index (κ3) is 6.59.